The Bertz CT molecular complexity index is 296. The van der Waals surface area contributed by atoms with Crippen molar-refractivity contribution in [3.63, 3.8) is 0 Å². The number of hydrogen-bond donors (Lipinski definition) is 1. The Morgan fingerprint density at radius 3 is 2.76 bits per heavy atom. The maximum atomic E-state index is 9.98. The van der Waals surface area contributed by atoms with Crippen LogP contribution >= 0.6 is 23.7 Å². The molecule has 0 spiro atoms. The molecule has 0 amide bonds. The maximum absolute atomic E-state index is 9.98. The molecule has 98 valence electrons. The van der Waals surface area contributed by atoms with E-state index in [9.17, 15) is 5.11 Å². The topological polar surface area (TPSA) is 23.5 Å². The zero-order chi connectivity index (χ0) is 11.4. The van der Waals surface area contributed by atoms with Crippen molar-refractivity contribution in [2.75, 3.05) is 19.6 Å². The number of aliphatic hydroxyl groups is 1. The Morgan fingerprint density at radius 1 is 1.47 bits per heavy atom. The number of hydrogen-bond acceptors (Lipinski definition) is 3. The molecule has 2 rings (SSSR count). The third-order valence-corrected chi connectivity index (χ3v) is 4.44. The first-order valence-corrected chi connectivity index (χ1v) is 7.07. The number of rotatable bonds is 4. The molecule has 1 aliphatic rings. The molecular formula is C13H22ClNOS. The highest BCUT2D eigenvalue weighted by molar-refractivity contribution is 7.10. The molecular weight excluding hydrogens is 254 g/mol. The van der Waals surface area contributed by atoms with Gasteiger partial charge in [-0.3, -0.25) is 0 Å². The molecule has 0 bridgehead atoms. The summed E-state index contributed by atoms with van der Waals surface area (Å²) in [5.74, 6) is 0.887. The van der Waals surface area contributed by atoms with E-state index in [4.69, 9.17) is 0 Å². The van der Waals surface area contributed by atoms with E-state index in [1.807, 2.05) is 17.5 Å². The van der Waals surface area contributed by atoms with E-state index in [0.717, 1.165) is 23.8 Å². The van der Waals surface area contributed by atoms with E-state index in [1.54, 1.807) is 11.3 Å². The van der Waals surface area contributed by atoms with Gasteiger partial charge in [-0.05, 0) is 49.7 Å². The van der Waals surface area contributed by atoms with E-state index in [-0.39, 0.29) is 18.5 Å². The van der Waals surface area contributed by atoms with Crippen LogP contribution in [0.15, 0.2) is 17.5 Å². The summed E-state index contributed by atoms with van der Waals surface area (Å²) in [7, 11) is 0. The summed E-state index contributed by atoms with van der Waals surface area (Å²) < 4.78 is 0. The predicted molar refractivity (Wildman–Crippen MR) is 76.0 cm³/mol. The van der Waals surface area contributed by atoms with Crippen molar-refractivity contribution in [1.82, 2.24) is 4.90 Å². The van der Waals surface area contributed by atoms with Gasteiger partial charge in [-0.1, -0.05) is 13.0 Å². The second-order valence-electron chi connectivity index (χ2n) is 4.84. The first kappa shape index (κ1) is 15.0. The zero-order valence-electron chi connectivity index (χ0n) is 10.3. The summed E-state index contributed by atoms with van der Waals surface area (Å²) in [6.07, 6.45) is 3.23. The molecule has 0 aromatic carbocycles. The molecule has 1 aromatic rings. The monoisotopic (exact) mass is 275 g/mol. The van der Waals surface area contributed by atoms with E-state index in [0.29, 0.717) is 0 Å². The summed E-state index contributed by atoms with van der Waals surface area (Å²) >= 11 is 1.65. The average Bonchev–Trinajstić information content (AvgIpc) is 2.81. The minimum Gasteiger partial charge on any atom is -0.388 e. The summed E-state index contributed by atoms with van der Waals surface area (Å²) in [5.41, 5.74) is 0. The van der Waals surface area contributed by atoms with Crippen LogP contribution in [-0.4, -0.2) is 29.6 Å². The van der Waals surface area contributed by atoms with Gasteiger partial charge in [-0.15, -0.1) is 23.7 Å². The lowest BCUT2D eigenvalue weighted by atomic mass is 9.99. The maximum Gasteiger partial charge on any atom is 0.0894 e. The van der Waals surface area contributed by atoms with Crippen molar-refractivity contribution in [2.45, 2.75) is 32.3 Å². The van der Waals surface area contributed by atoms with Crippen LogP contribution in [0.2, 0.25) is 0 Å². The van der Waals surface area contributed by atoms with Crippen LogP contribution in [0.4, 0.5) is 0 Å². The van der Waals surface area contributed by atoms with Crippen molar-refractivity contribution in [2.24, 2.45) is 5.92 Å². The third-order valence-electron chi connectivity index (χ3n) is 3.47. The second-order valence-corrected chi connectivity index (χ2v) is 5.82. The Kier molecular flexibility index (Phi) is 6.49. The molecule has 17 heavy (non-hydrogen) atoms. The lowest BCUT2D eigenvalue weighted by Gasteiger charge is -2.30. The number of nitrogens with zero attached hydrogens (tertiary/aromatic N) is 1. The quantitative estimate of drug-likeness (QED) is 0.911. The molecule has 0 aliphatic carbocycles. The third kappa shape index (κ3) is 4.59. The summed E-state index contributed by atoms with van der Waals surface area (Å²) in [5, 5.41) is 12.0. The Morgan fingerprint density at radius 2 is 2.18 bits per heavy atom. The molecule has 1 N–H and O–H groups in total. The van der Waals surface area contributed by atoms with Crippen LogP contribution in [0.25, 0.3) is 0 Å². The minimum absolute atomic E-state index is 0. The van der Waals surface area contributed by atoms with Gasteiger partial charge in [0.2, 0.25) is 0 Å². The summed E-state index contributed by atoms with van der Waals surface area (Å²) in [6.45, 7) is 5.78. The standard InChI is InChI=1S/C13H21NOS.ClH/c1-11-4-7-14(8-5-11)9-6-12(15)13-3-2-10-16-13;/h2-3,10-12,15H,4-9H2,1H3;1H. The Balaban J connectivity index is 0.00000144. The first-order valence-electron chi connectivity index (χ1n) is 6.19. The molecule has 1 aromatic heterocycles. The highest BCUT2D eigenvalue weighted by Crippen LogP contribution is 2.23. The smallest absolute Gasteiger partial charge is 0.0894 e. The van der Waals surface area contributed by atoms with Gasteiger partial charge in [0.25, 0.3) is 0 Å². The molecule has 1 saturated heterocycles. The minimum atomic E-state index is -0.264. The van der Waals surface area contributed by atoms with Crippen molar-refractivity contribution in [1.29, 1.82) is 0 Å². The van der Waals surface area contributed by atoms with Gasteiger partial charge in [0, 0.05) is 11.4 Å². The van der Waals surface area contributed by atoms with Crippen LogP contribution in [-0.2, 0) is 0 Å². The van der Waals surface area contributed by atoms with Crippen LogP contribution in [0, 0.1) is 5.92 Å². The van der Waals surface area contributed by atoms with Gasteiger partial charge < -0.3 is 10.0 Å². The number of aliphatic hydroxyl groups excluding tert-OH is 1. The van der Waals surface area contributed by atoms with Crippen molar-refractivity contribution >= 4 is 23.7 Å². The molecule has 1 unspecified atom stereocenters. The van der Waals surface area contributed by atoms with Gasteiger partial charge in [0.1, 0.15) is 0 Å². The molecule has 4 heteroatoms. The number of piperidine rings is 1. The fourth-order valence-electron chi connectivity index (χ4n) is 2.21. The number of likely N-dealkylation sites (tertiary alicyclic amines) is 1. The van der Waals surface area contributed by atoms with Crippen molar-refractivity contribution in [3.8, 4) is 0 Å². The average molecular weight is 276 g/mol. The molecule has 1 atom stereocenters. The fourth-order valence-corrected chi connectivity index (χ4v) is 2.96. The second kappa shape index (κ2) is 7.37. The first-order chi connectivity index (χ1) is 7.75. The highest BCUT2D eigenvalue weighted by atomic mass is 35.5. The molecule has 0 saturated carbocycles. The van der Waals surface area contributed by atoms with E-state index in [1.165, 1.54) is 25.9 Å². The largest absolute Gasteiger partial charge is 0.388 e. The van der Waals surface area contributed by atoms with E-state index in [2.05, 4.69) is 11.8 Å². The molecule has 0 radical (unpaired) electrons. The van der Waals surface area contributed by atoms with Gasteiger partial charge in [0.05, 0.1) is 6.10 Å². The molecule has 1 aliphatic heterocycles. The van der Waals surface area contributed by atoms with Crippen LogP contribution in [0.3, 0.4) is 0 Å². The van der Waals surface area contributed by atoms with Crippen molar-refractivity contribution < 1.29 is 5.11 Å². The lowest BCUT2D eigenvalue weighted by molar-refractivity contribution is 0.127. The normalized spacial score (nSPS) is 19.9. The van der Waals surface area contributed by atoms with Crippen LogP contribution in [0.1, 0.15) is 37.2 Å². The van der Waals surface area contributed by atoms with E-state index >= 15 is 0 Å². The van der Waals surface area contributed by atoms with Crippen LogP contribution in [0.5, 0.6) is 0 Å². The van der Waals surface area contributed by atoms with Gasteiger partial charge >= 0.3 is 0 Å². The molecule has 2 heterocycles. The fraction of sp³-hybridized carbons (Fsp3) is 0.692. The van der Waals surface area contributed by atoms with Gasteiger partial charge in [-0.25, -0.2) is 0 Å². The van der Waals surface area contributed by atoms with Crippen molar-refractivity contribution in [3.05, 3.63) is 22.4 Å². The SMILES string of the molecule is CC1CCN(CCC(O)c2cccs2)CC1.Cl. The number of halogens is 1. The highest BCUT2D eigenvalue weighted by Gasteiger charge is 2.17. The molecule has 2 nitrogen and oxygen atoms in total. The van der Waals surface area contributed by atoms with Gasteiger partial charge in [0.15, 0.2) is 0 Å². The van der Waals surface area contributed by atoms with Crippen LogP contribution < -0.4 is 0 Å². The van der Waals surface area contributed by atoms with Gasteiger partial charge in [-0.2, -0.15) is 0 Å². The summed E-state index contributed by atoms with van der Waals surface area (Å²) in [4.78, 5) is 3.59. The molecule has 1 fully saturated rings. The summed E-state index contributed by atoms with van der Waals surface area (Å²) in [6, 6.07) is 4.03. The Hall–Kier alpha value is -0.0900. The number of thiophene rings is 1. The Labute approximate surface area is 114 Å². The lowest BCUT2D eigenvalue weighted by Crippen LogP contribution is -2.34. The zero-order valence-corrected chi connectivity index (χ0v) is 12.0. The predicted octanol–water partition coefficient (Wildman–Crippen LogP) is 3.33. The van der Waals surface area contributed by atoms with E-state index < -0.39 is 0 Å².